The van der Waals surface area contributed by atoms with Crippen LogP contribution in [0.5, 0.6) is 0 Å². The van der Waals surface area contributed by atoms with Crippen molar-refractivity contribution < 1.29 is 0 Å². The summed E-state index contributed by atoms with van der Waals surface area (Å²) in [4.78, 5) is 2.43. The Labute approximate surface area is 137 Å². The molecule has 3 heteroatoms. The summed E-state index contributed by atoms with van der Waals surface area (Å²) in [6.45, 7) is 3.25. The maximum atomic E-state index is 3.73. The zero-order chi connectivity index (χ0) is 14.1. The van der Waals surface area contributed by atoms with Crippen molar-refractivity contribution in [1.29, 1.82) is 0 Å². The highest BCUT2D eigenvalue weighted by Crippen LogP contribution is 2.38. The lowest BCUT2D eigenvalue weighted by Gasteiger charge is -2.32. The molecule has 0 radical (unpaired) electrons. The molecule has 0 saturated heterocycles. The predicted octanol–water partition coefficient (Wildman–Crippen LogP) is 5.74. The van der Waals surface area contributed by atoms with Gasteiger partial charge in [0.15, 0.2) is 0 Å². The number of halogens is 2. The van der Waals surface area contributed by atoms with Gasteiger partial charge in [-0.15, -0.1) is 0 Å². The molecule has 1 aliphatic heterocycles. The Morgan fingerprint density at radius 1 is 1.10 bits per heavy atom. The number of anilines is 2. The van der Waals surface area contributed by atoms with Gasteiger partial charge in [0.05, 0.1) is 5.69 Å². The molecular formula is C17H17Br2N. The molecule has 1 aliphatic rings. The lowest BCUT2D eigenvalue weighted by atomic mass is 9.99. The van der Waals surface area contributed by atoms with Gasteiger partial charge in [0.25, 0.3) is 0 Å². The summed E-state index contributed by atoms with van der Waals surface area (Å²) in [6.07, 6.45) is 2.40. The minimum Gasteiger partial charge on any atom is -0.340 e. The van der Waals surface area contributed by atoms with Crippen molar-refractivity contribution in [2.24, 2.45) is 0 Å². The molecule has 1 nitrogen and oxygen atoms in total. The van der Waals surface area contributed by atoms with Gasteiger partial charge in [0.2, 0.25) is 0 Å². The van der Waals surface area contributed by atoms with Crippen molar-refractivity contribution in [3.05, 3.63) is 57.6 Å². The van der Waals surface area contributed by atoms with Gasteiger partial charge in [0, 0.05) is 22.0 Å². The average Bonchev–Trinajstić information content (AvgIpc) is 2.46. The summed E-state index contributed by atoms with van der Waals surface area (Å²) in [5.41, 5.74) is 6.72. The molecule has 0 bridgehead atoms. The molecule has 0 aliphatic carbocycles. The zero-order valence-electron chi connectivity index (χ0n) is 11.5. The summed E-state index contributed by atoms with van der Waals surface area (Å²) in [7, 11) is 0. The second-order valence-electron chi connectivity index (χ2n) is 5.31. The van der Waals surface area contributed by atoms with Crippen LogP contribution in [0.1, 0.15) is 23.1 Å². The van der Waals surface area contributed by atoms with Gasteiger partial charge < -0.3 is 4.90 Å². The number of nitrogens with zero attached hydrogens (tertiary/aromatic N) is 1. The maximum Gasteiger partial charge on any atom is 0.0555 e. The van der Waals surface area contributed by atoms with Crippen molar-refractivity contribution in [1.82, 2.24) is 0 Å². The van der Waals surface area contributed by atoms with E-state index in [4.69, 9.17) is 0 Å². The van der Waals surface area contributed by atoms with E-state index in [0.29, 0.717) is 0 Å². The number of hydrogen-bond acceptors (Lipinski definition) is 1. The van der Waals surface area contributed by atoms with Crippen LogP contribution in [0.2, 0.25) is 0 Å². The highest BCUT2D eigenvalue weighted by Gasteiger charge is 2.19. The van der Waals surface area contributed by atoms with Crippen LogP contribution >= 0.6 is 31.9 Å². The Kier molecular flexibility index (Phi) is 4.18. The first kappa shape index (κ1) is 14.2. The molecule has 0 spiro atoms. The van der Waals surface area contributed by atoms with Gasteiger partial charge in [-0.3, -0.25) is 0 Å². The second-order valence-corrected chi connectivity index (χ2v) is 6.72. The minimum absolute atomic E-state index is 0.891. The van der Waals surface area contributed by atoms with Crippen LogP contribution in [0.25, 0.3) is 0 Å². The Bertz CT molecular complexity index is 637. The highest BCUT2D eigenvalue weighted by atomic mass is 79.9. The third kappa shape index (κ3) is 2.66. The first-order valence-electron chi connectivity index (χ1n) is 6.90. The fourth-order valence-corrected chi connectivity index (χ4v) is 3.82. The number of hydrogen-bond donors (Lipinski definition) is 0. The largest absolute Gasteiger partial charge is 0.340 e. The molecule has 2 aromatic rings. The van der Waals surface area contributed by atoms with Crippen LogP contribution < -0.4 is 4.90 Å². The molecule has 2 aromatic carbocycles. The van der Waals surface area contributed by atoms with Gasteiger partial charge in [-0.25, -0.2) is 0 Å². The van der Waals surface area contributed by atoms with Gasteiger partial charge in [-0.2, -0.15) is 0 Å². The molecular weight excluding hydrogens is 378 g/mol. The first-order valence-corrected chi connectivity index (χ1v) is 8.82. The summed E-state index contributed by atoms with van der Waals surface area (Å²) >= 11 is 7.24. The van der Waals surface area contributed by atoms with E-state index in [1.165, 1.54) is 45.4 Å². The van der Waals surface area contributed by atoms with E-state index in [9.17, 15) is 0 Å². The Morgan fingerprint density at radius 2 is 1.90 bits per heavy atom. The Morgan fingerprint density at radius 3 is 2.65 bits per heavy atom. The number of rotatable bonds is 2. The average molecular weight is 395 g/mol. The smallest absolute Gasteiger partial charge is 0.0555 e. The third-order valence-corrected chi connectivity index (χ3v) is 5.09. The number of alkyl halides is 1. The SMILES string of the molecule is Cc1ccc2c(c1)CCCN2c1ccc(CBr)cc1Br. The lowest BCUT2D eigenvalue weighted by Crippen LogP contribution is -2.24. The van der Waals surface area contributed by atoms with E-state index in [-0.39, 0.29) is 0 Å². The van der Waals surface area contributed by atoms with Gasteiger partial charge in [-0.1, -0.05) is 39.7 Å². The summed E-state index contributed by atoms with van der Waals surface area (Å²) in [5.74, 6) is 0. The monoisotopic (exact) mass is 393 g/mol. The maximum absolute atomic E-state index is 3.73. The second kappa shape index (κ2) is 5.90. The molecule has 0 unspecified atom stereocenters. The molecule has 104 valence electrons. The number of fused-ring (bicyclic) bond motifs is 1. The Hall–Kier alpha value is -0.800. The van der Waals surface area contributed by atoms with E-state index >= 15 is 0 Å². The highest BCUT2D eigenvalue weighted by molar-refractivity contribution is 9.10. The molecule has 0 atom stereocenters. The van der Waals surface area contributed by atoms with Crippen LogP contribution in [0.3, 0.4) is 0 Å². The van der Waals surface area contributed by atoms with Crippen molar-refractivity contribution in [3.63, 3.8) is 0 Å². The Balaban J connectivity index is 2.04. The van der Waals surface area contributed by atoms with Gasteiger partial charge in [-0.05, 0) is 65.0 Å². The van der Waals surface area contributed by atoms with Crippen molar-refractivity contribution in [3.8, 4) is 0 Å². The predicted molar refractivity (Wildman–Crippen MR) is 93.3 cm³/mol. The van der Waals surface area contributed by atoms with Gasteiger partial charge in [0.1, 0.15) is 0 Å². The number of aryl methyl sites for hydroxylation is 2. The summed E-state index contributed by atoms with van der Waals surface area (Å²) < 4.78 is 1.17. The lowest BCUT2D eigenvalue weighted by molar-refractivity contribution is 0.765. The minimum atomic E-state index is 0.891. The quantitative estimate of drug-likeness (QED) is 0.587. The van der Waals surface area contributed by atoms with Crippen LogP contribution in [0.4, 0.5) is 11.4 Å². The molecule has 0 saturated carbocycles. The van der Waals surface area contributed by atoms with Crippen LogP contribution in [-0.2, 0) is 11.8 Å². The van der Waals surface area contributed by atoms with Crippen molar-refractivity contribution in [2.75, 3.05) is 11.4 Å². The first-order chi connectivity index (χ1) is 9.69. The standard InChI is InChI=1S/C17H17Br2N/c1-12-4-6-16-14(9-12)3-2-8-20(16)17-7-5-13(11-18)10-15(17)19/h4-7,9-10H,2-3,8,11H2,1H3. The van der Waals surface area contributed by atoms with Crippen LogP contribution in [0.15, 0.2) is 40.9 Å². The van der Waals surface area contributed by atoms with E-state index in [2.05, 4.69) is 80.1 Å². The fraction of sp³-hybridized carbons (Fsp3) is 0.294. The molecule has 20 heavy (non-hydrogen) atoms. The molecule has 0 fully saturated rings. The molecule has 0 N–H and O–H groups in total. The van der Waals surface area contributed by atoms with Gasteiger partial charge >= 0.3 is 0 Å². The third-order valence-electron chi connectivity index (χ3n) is 3.81. The topological polar surface area (TPSA) is 3.24 Å². The fourth-order valence-electron chi connectivity index (χ4n) is 2.83. The van der Waals surface area contributed by atoms with E-state index in [1.807, 2.05) is 0 Å². The molecule has 0 aromatic heterocycles. The zero-order valence-corrected chi connectivity index (χ0v) is 14.7. The van der Waals surface area contributed by atoms with Crippen molar-refractivity contribution >= 4 is 43.2 Å². The van der Waals surface area contributed by atoms with E-state index < -0.39 is 0 Å². The van der Waals surface area contributed by atoms with Crippen LogP contribution in [0, 0.1) is 6.92 Å². The van der Waals surface area contributed by atoms with E-state index in [1.54, 1.807) is 0 Å². The van der Waals surface area contributed by atoms with Crippen LogP contribution in [-0.4, -0.2) is 6.54 Å². The molecule has 0 amide bonds. The molecule has 1 heterocycles. The summed E-state index contributed by atoms with van der Waals surface area (Å²) in [5, 5.41) is 0.891. The normalized spacial score (nSPS) is 14.2. The molecule has 3 rings (SSSR count). The van der Waals surface area contributed by atoms with Crippen molar-refractivity contribution in [2.45, 2.75) is 25.1 Å². The van der Waals surface area contributed by atoms with E-state index in [0.717, 1.165) is 11.9 Å². The number of benzene rings is 2. The summed E-state index contributed by atoms with van der Waals surface area (Å²) in [6, 6.07) is 13.4.